The van der Waals surface area contributed by atoms with E-state index in [4.69, 9.17) is 0 Å². The second-order valence-corrected chi connectivity index (χ2v) is 7.33. The Morgan fingerprint density at radius 3 is 2.62 bits per heavy atom. The van der Waals surface area contributed by atoms with Gasteiger partial charge in [-0.1, -0.05) is 26.2 Å². The van der Waals surface area contributed by atoms with E-state index in [2.05, 4.69) is 12.2 Å². The van der Waals surface area contributed by atoms with Gasteiger partial charge in [-0.3, -0.25) is 4.90 Å². The molecule has 3 atom stereocenters. The molecule has 1 heterocycles. The third kappa shape index (κ3) is 3.84. The second-order valence-electron chi connectivity index (χ2n) is 6.12. The first-order valence-electron chi connectivity index (χ1n) is 7.97. The molecule has 5 nitrogen and oxygen atoms in total. The Labute approximate surface area is 130 Å². The summed E-state index contributed by atoms with van der Waals surface area (Å²) in [4.78, 5) is 25.5. The van der Waals surface area contributed by atoms with E-state index < -0.39 is 12.0 Å². The fraction of sp³-hybridized carbons (Fsp3) is 0.867. The van der Waals surface area contributed by atoms with Crippen LogP contribution in [0.5, 0.6) is 0 Å². The van der Waals surface area contributed by atoms with Gasteiger partial charge in [-0.15, -0.1) is 11.8 Å². The zero-order chi connectivity index (χ0) is 15.4. The fourth-order valence-corrected chi connectivity index (χ4v) is 4.85. The fourth-order valence-electron chi connectivity index (χ4n) is 3.34. The number of amides is 2. The lowest BCUT2D eigenvalue weighted by molar-refractivity contribution is -0.141. The first kappa shape index (κ1) is 16.5. The Kier molecular flexibility index (Phi) is 5.79. The second kappa shape index (κ2) is 7.38. The minimum Gasteiger partial charge on any atom is -0.480 e. The van der Waals surface area contributed by atoms with Crippen LogP contribution in [0, 0.1) is 5.92 Å². The van der Waals surface area contributed by atoms with Crippen LogP contribution in [0.1, 0.15) is 52.4 Å². The minimum atomic E-state index is -0.898. The summed E-state index contributed by atoms with van der Waals surface area (Å²) in [5.74, 6) is 0.132. The van der Waals surface area contributed by atoms with Crippen molar-refractivity contribution in [2.24, 2.45) is 5.92 Å². The van der Waals surface area contributed by atoms with Gasteiger partial charge in [0, 0.05) is 11.8 Å². The zero-order valence-electron chi connectivity index (χ0n) is 12.9. The number of aliphatic carboxylic acids is 1. The molecule has 1 saturated heterocycles. The van der Waals surface area contributed by atoms with E-state index in [0.29, 0.717) is 11.7 Å². The van der Waals surface area contributed by atoms with Crippen molar-refractivity contribution in [3.05, 3.63) is 0 Å². The predicted octanol–water partition coefficient (Wildman–Crippen LogP) is 2.90. The summed E-state index contributed by atoms with van der Waals surface area (Å²) >= 11 is 1.58. The smallest absolute Gasteiger partial charge is 0.327 e. The molecular weight excluding hydrogens is 288 g/mol. The van der Waals surface area contributed by atoms with Crippen molar-refractivity contribution in [2.45, 2.75) is 69.8 Å². The van der Waals surface area contributed by atoms with Crippen LogP contribution in [0.25, 0.3) is 0 Å². The molecule has 120 valence electrons. The van der Waals surface area contributed by atoms with Gasteiger partial charge in [0.2, 0.25) is 0 Å². The van der Waals surface area contributed by atoms with Crippen LogP contribution in [-0.2, 0) is 4.79 Å². The first-order valence-corrected chi connectivity index (χ1v) is 9.02. The summed E-state index contributed by atoms with van der Waals surface area (Å²) in [5, 5.41) is 12.4. The lowest BCUT2D eigenvalue weighted by Crippen LogP contribution is -2.53. The molecule has 2 rings (SSSR count). The molecule has 1 aliphatic heterocycles. The molecule has 0 bridgehead atoms. The SMILES string of the molecule is CCCC1SCC(C(=O)O)N1C(=O)NC(C)C1CCCC1. The monoisotopic (exact) mass is 314 g/mol. The maximum atomic E-state index is 12.6. The van der Waals surface area contributed by atoms with Crippen LogP contribution in [0.3, 0.4) is 0 Å². The standard InChI is InChI=1S/C15H26N2O3S/c1-3-6-13-17(12(9-21-13)14(18)19)15(20)16-10(2)11-7-4-5-8-11/h10-13H,3-9H2,1-2H3,(H,16,20)(H,18,19). The lowest BCUT2D eigenvalue weighted by atomic mass is 10.00. The van der Waals surface area contributed by atoms with Crippen LogP contribution in [0.4, 0.5) is 4.79 Å². The molecule has 0 aromatic heterocycles. The van der Waals surface area contributed by atoms with E-state index in [0.717, 1.165) is 25.7 Å². The van der Waals surface area contributed by atoms with Crippen molar-refractivity contribution in [3.8, 4) is 0 Å². The molecule has 2 aliphatic rings. The Morgan fingerprint density at radius 2 is 2.05 bits per heavy atom. The molecule has 2 fully saturated rings. The van der Waals surface area contributed by atoms with Crippen molar-refractivity contribution in [1.29, 1.82) is 0 Å². The van der Waals surface area contributed by atoms with Gasteiger partial charge in [-0.05, 0) is 32.1 Å². The topological polar surface area (TPSA) is 69.6 Å². The van der Waals surface area contributed by atoms with Crippen molar-refractivity contribution in [1.82, 2.24) is 10.2 Å². The van der Waals surface area contributed by atoms with E-state index in [1.165, 1.54) is 12.8 Å². The van der Waals surface area contributed by atoms with Gasteiger partial charge in [0.15, 0.2) is 0 Å². The maximum Gasteiger partial charge on any atom is 0.327 e. The highest BCUT2D eigenvalue weighted by molar-refractivity contribution is 8.00. The number of hydrogen-bond donors (Lipinski definition) is 2. The van der Waals surface area contributed by atoms with Crippen molar-refractivity contribution >= 4 is 23.8 Å². The number of thioether (sulfide) groups is 1. The summed E-state index contributed by atoms with van der Waals surface area (Å²) < 4.78 is 0. The molecule has 1 saturated carbocycles. The highest BCUT2D eigenvalue weighted by Crippen LogP contribution is 2.33. The number of urea groups is 1. The molecule has 0 aromatic rings. The number of nitrogens with zero attached hydrogens (tertiary/aromatic N) is 1. The van der Waals surface area contributed by atoms with Crippen molar-refractivity contribution in [3.63, 3.8) is 0 Å². The van der Waals surface area contributed by atoms with E-state index in [-0.39, 0.29) is 17.4 Å². The van der Waals surface area contributed by atoms with E-state index in [9.17, 15) is 14.7 Å². The number of hydrogen-bond acceptors (Lipinski definition) is 3. The molecule has 3 unspecified atom stereocenters. The van der Waals surface area contributed by atoms with Gasteiger partial charge in [0.05, 0.1) is 5.37 Å². The van der Waals surface area contributed by atoms with E-state index in [1.807, 2.05) is 6.92 Å². The Balaban J connectivity index is 2.00. The van der Waals surface area contributed by atoms with Gasteiger partial charge in [-0.25, -0.2) is 9.59 Å². The number of carboxylic acids is 1. The van der Waals surface area contributed by atoms with Gasteiger partial charge in [0.1, 0.15) is 6.04 Å². The number of rotatable bonds is 5. The number of carboxylic acid groups (broad SMARTS) is 1. The molecular formula is C15H26N2O3S. The highest BCUT2D eigenvalue weighted by atomic mass is 32.2. The van der Waals surface area contributed by atoms with Crippen LogP contribution in [0.15, 0.2) is 0 Å². The predicted molar refractivity (Wildman–Crippen MR) is 84.4 cm³/mol. The summed E-state index contributed by atoms with van der Waals surface area (Å²) in [6.45, 7) is 4.10. The summed E-state index contributed by atoms with van der Waals surface area (Å²) in [6, 6.07) is -0.769. The van der Waals surface area contributed by atoms with Gasteiger partial charge >= 0.3 is 12.0 Å². The Hall–Kier alpha value is -0.910. The third-order valence-corrected chi connectivity index (χ3v) is 5.96. The van der Waals surface area contributed by atoms with Gasteiger partial charge in [0.25, 0.3) is 0 Å². The van der Waals surface area contributed by atoms with Gasteiger partial charge in [-0.2, -0.15) is 0 Å². The average Bonchev–Trinajstić information content (AvgIpc) is 3.08. The number of nitrogens with one attached hydrogen (secondary N) is 1. The maximum absolute atomic E-state index is 12.6. The van der Waals surface area contributed by atoms with E-state index >= 15 is 0 Å². The van der Waals surface area contributed by atoms with Crippen molar-refractivity contribution in [2.75, 3.05) is 5.75 Å². The number of carbonyl (C=O) groups is 2. The minimum absolute atomic E-state index is 0.00752. The molecule has 21 heavy (non-hydrogen) atoms. The summed E-state index contributed by atoms with van der Waals surface area (Å²) in [7, 11) is 0. The Morgan fingerprint density at radius 1 is 1.38 bits per heavy atom. The quantitative estimate of drug-likeness (QED) is 0.818. The molecule has 0 radical (unpaired) electrons. The van der Waals surface area contributed by atoms with Crippen LogP contribution >= 0.6 is 11.8 Å². The molecule has 6 heteroatoms. The molecule has 0 aromatic carbocycles. The highest BCUT2D eigenvalue weighted by Gasteiger charge is 2.41. The van der Waals surface area contributed by atoms with Gasteiger partial charge < -0.3 is 10.4 Å². The van der Waals surface area contributed by atoms with Crippen LogP contribution < -0.4 is 5.32 Å². The zero-order valence-corrected chi connectivity index (χ0v) is 13.7. The normalized spacial score (nSPS) is 27.8. The van der Waals surface area contributed by atoms with E-state index in [1.54, 1.807) is 16.7 Å². The lowest BCUT2D eigenvalue weighted by Gasteiger charge is -2.30. The molecule has 0 spiro atoms. The van der Waals surface area contributed by atoms with Crippen LogP contribution in [-0.4, -0.2) is 45.2 Å². The van der Waals surface area contributed by atoms with Crippen molar-refractivity contribution < 1.29 is 14.7 Å². The first-order chi connectivity index (χ1) is 10.0. The number of carbonyl (C=O) groups excluding carboxylic acids is 1. The largest absolute Gasteiger partial charge is 0.480 e. The molecule has 1 aliphatic carbocycles. The average molecular weight is 314 g/mol. The van der Waals surface area contributed by atoms with Crippen LogP contribution in [0.2, 0.25) is 0 Å². The molecule has 2 amide bonds. The third-order valence-electron chi connectivity index (χ3n) is 4.61. The summed E-state index contributed by atoms with van der Waals surface area (Å²) in [6.07, 6.45) is 6.60. The summed E-state index contributed by atoms with van der Waals surface area (Å²) in [5.41, 5.74) is 0. The Bertz CT molecular complexity index is 385. The molecule has 2 N–H and O–H groups in total.